The Bertz CT molecular complexity index is 1060. The van der Waals surface area contributed by atoms with Crippen LogP contribution in [0, 0.1) is 0 Å². The van der Waals surface area contributed by atoms with Crippen molar-refractivity contribution in [1.82, 2.24) is 24.5 Å². The molecule has 2 atom stereocenters. The Labute approximate surface area is 207 Å². The summed E-state index contributed by atoms with van der Waals surface area (Å²) in [7, 11) is -6.31. The second kappa shape index (κ2) is 9.19. The summed E-state index contributed by atoms with van der Waals surface area (Å²) in [4.78, 5) is 23.8. The summed E-state index contributed by atoms with van der Waals surface area (Å²) >= 11 is 1.28. The minimum Gasteiger partial charge on any atom is -0.724 e. The Morgan fingerprint density at radius 2 is 2.06 bits per heavy atom. The zero-order chi connectivity index (χ0) is 21.7. The van der Waals surface area contributed by atoms with Crippen molar-refractivity contribution in [2.75, 3.05) is 13.2 Å². The molecule has 2 aliphatic heterocycles. The molecule has 2 bridgehead atoms. The standard InChI is InChI=1S/C16H23N5O6S2Si.Na/c1-30(2,3)7-6-26-10-19-5-4-17-15(19)13-12-14(28-9-18-12)11-8-20(13)16(22)21(11)27-29(23,24)25;/h4-5,9,11,13H,6-8,10H2,1-3H3,(H,23,24,25);/q;+1/p-1/t11?,13-;/m0./s1. The third kappa shape index (κ3) is 5.22. The van der Waals surface area contributed by atoms with Crippen molar-refractivity contribution < 1.29 is 56.3 Å². The molecule has 4 rings (SSSR count). The molecule has 0 radical (unpaired) electrons. The molecule has 1 unspecified atom stereocenters. The first-order valence-corrected chi connectivity index (χ1v) is 15.2. The number of hydroxylamine groups is 2. The quantitative estimate of drug-likeness (QED) is 0.196. The molecular weight excluding hydrogens is 473 g/mol. The first-order valence-electron chi connectivity index (χ1n) is 9.32. The summed E-state index contributed by atoms with van der Waals surface area (Å²) in [5.74, 6) is 0.550. The average molecular weight is 496 g/mol. The number of thiazole rings is 1. The Balaban J connectivity index is 0.00000272. The number of urea groups is 1. The fraction of sp³-hybridized carbons (Fsp3) is 0.562. The van der Waals surface area contributed by atoms with Crippen molar-refractivity contribution in [2.45, 2.75) is 44.5 Å². The first-order chi connectivity index (χ1) is 14.1. The van der Waals surface area contributed by atoms with E-state index in [1.54, 1.807) is 22.5 Å². The van der Waals surface area contributed by atoms with Crippen LogP contribution in [0.15, 0.2) is 17.9 Å². The van der Waals surface area contributed by atoms with Gasteiger partial charge < -0.3 is 18.8 Å². The molecule has 2 aromatic rings. The van der Waals surface area contributed by atoms with E-state index < -0.39 is 36.6 Å². The Morgan fingerprint density at radius 3 is 2.74 bits per heavy atom. The number of fused-ring (bicyclic) bond motifs is 4. The maximum absolute atomic E-state index is 12.9. The zero-order valence-electron chi connectivity index (χ0n) is 17.7. The van der Waals surface area contributed by atoms with E-state index in [4.69, 9.17) is 4.74 Å². The minimum atomic E-state index is -5.10. The third-order valence-corrected chi connectivity index (χ3v) is 7.97. The fourth-order valence-corrected chi connectivity index (χ4v) is 5.55. The molecule has 11 nitrogen and oxygen atoms in total. The van der Waals surface area contributed by atoms with E-state index in [9.17, 15) is 17.8 Å². The van der Waals surface area contributed by atoms with Crippen molar-refractivity contribution in [2.24, 2.45) is 0 Å². The number of imidazole rings is 1. The Morgan fingerprint density at radius 1 is 1.32 bits per heavy atom. The number of hydrogen-bond acceptors (Lipinski definition) is 9. The number of carbonyl (C=O) groups excluding carboxylic acids is 1. The number of ether oxygens (including phenoxy) is 1. The van der Waals surface area contributed by atoms with Crippen LogP contribution < -0.4 is 29.6 Å². The van der Waals surface area contributed by atoms with Gasteiger partial charge >= 0.3 is 35.6 Å². The summed E-state index contributed by atoms with van der Waals surface area (Å²) in [5.41, 5.74) is 2.21. The minimum absolute atomic E-state index is 0. The number of aromatic nitrogens is 3. The second-order valence-corrected chi connectivity index (χ2v) is 15.8. The normalized spacial score (nSPS) is 20.7. The topological polar surface area (TPSA) is 130 Å². The number of rotatable bonds is 8. The molecule has 1 saturated heterocycles. The molecule has 0 aliphatic carbocycles. The summed E-state index contributed by atoms with van der Waals surface area (Å²) in [6, 6.07) is -1.03. The molecule has 15 heteroatoms. The van der Waals surface area contributed by atoms with Gasteiger partial charge in [0.25, 0.3) is 0 Å². The molecule has 0 N–H and O–H groups in total. The van der Waals surface area contributed by atoms with E-state index >= 15 is 0 Å². The Kier molecular flexibility index (Phi) is 7.35. The van der Waals surface area contributed by atoms with Crippen molar-refractivity contribution in [1.29, 1.82) is 0 Å². The van der Waals surface area contributed by atoms with Crippen LogP contribution in [0.3, 0.4) is 0 Å². The number of hydrogen-bond donors (Lipinski definition) is 0. The van der Waals surface area contributed by atoms with Crippen molar-refractivity contribution >= 4 is 35.8 Å². The van der Waals surface area contributed by atoms with E-state index in [0.717, 1.165) is 6.04 Å². The largest absolute Gasteiger partial charge is 1.00 e. The van der Waals surface area contributed by atoms with E-state index in [2.05, 4.69) is 33.9 Å². The predicted molar refractivity (Wildman–Crippen MR) is 108 cm³/mol. The number of carbonyl (C=O) groups is 1. The molecule has 0 saturated carbocycles. The van der Waals surface area contributed by atoms with Crippen molar-refractivity contribution in [3.05, 3.63) is 34.3 Å². The third-order valence-electron chi connectivity index (χ3n) is 4.97. The molecule has 164 valence electrons. The van der Waals surface area contributed by atoms with Gasteiger partial charge in [0.05, 0.1) is 22.6 Å². The van der Waals surface area contributed by atoms with Gasteiger partial charge in [-0.3, -0.25) is 0 Å². The molecule has 4 heterocycles. The van der Waals surface area contributed by atoms with Gasteiger partial charge in [0.1, 0.15) is 24.6 Å². The molecule has 1 fully saturated rings. The van der Waals surface area contributed by atoms with Gasteiger partial charge in [-0.1, -0.05) is 19.6 Å². The molecule has 31 heavy (non-hydrogen) atoms. The average Bonchev–Trinajstić information content (AvgIpc) is 3.34. The molecule has 2 aliphatic rings. The van der Waals surface area contributed by atoms with E-state index in [1.165, 1.54) is 16.2 Å². The Hall–Kier alpha value is -0.843. The van der Waals surface area contributed by atoms with E-state index in [-0.39, 0.29) is 42.8 Å². The van der Waals surface area contributed by atoms with Crippen molar-refractivity contribution in [3.8, 4) is 0 Å². The van der Waals surface area contributed by atoms with Crippen LogP contribution in [0.5, 0.6) is 0 Å². The van der Waals surface area contributed by atoms with Gasteiger partial charge in [0.2, 0.25) is 10.4 Å². The summed E-state index contributed by atoms with van der Waals surface area (Å²) in [6.07, 6.45) is 3.38. The monoisotopic (exact) mass is 495 g/mol. The number of amides is 2. The summed E-state index contributed by atoms with van der Waals surface area (Å²) in [6.45, 7) is 7.89. The predicted octanol–water partition coefficient (Wildman–Crippen LogP) is -1.07. The molecule has 0 spiro atoms. The first kappa shape index (κ1) is 24.8. The van der Waals surface area contributed by atoms with Gasteiger partial charge in [-0.25, -0.2) is 23.2 Å². The smallest absolute Gasteiger partial charge is 0.724 e. The van der Waals surface area contributed by atoms with Gasteiger partial charge in [0, 0.05) is 27.1 Å². The van der Waals surface area contributed by atoms with Crippen LogP contribution in [-0.4, -0.2) is 64.7 Å². The van der Waals surface area contributed by atoms with Gasteiger partial charge in [0.15, 0.2) is 0 Å². The van der Waals surface area contributed by atoms with Crippen LogP contribution in [-0.2, 0) is 26.2 Å². The molecule has 2 amide bonds. The van der Waals surface area contributed by atoms with Crippen LogP contribution in [0.25, 0.3) is 0 Å². The summed E-state index contributed by atoms with van der Waals surface area (Å²) < 4.78 is 45.4. The zero-order valence-corrected chi connectivity index (χ0v) is 22.4. The van der Waals surface area contributed by atoms with Crippen LogP contribution in [0.1, 0.15) is 28.5 Å². The summed E-state index contributed by atoms with van der Waals surface area (Å²) in [5, 5.41) is 0.622. The fourth-order valence-electron chi connectivity index (χ4n) is 3.53. The SMILES string of the molecule is C[Si](C)(C)CCOCn1ccnc1[C@@H]1c2ncsc2C2CN1C(=O)N2OS(=O)(=O)[O-].[Na+]. The van der Waals surface area contributed by atoms with Gasteiger partial charge in [-0.05, 0) is 6.04 Å². The van der Waals surface area contributed by atoms with Gasteiger partial charge in [-0.15, -0.1) is 11.3 Å². The van der Waals surface area contributed by atoms with Crippen LogP contribution >= 0.6 is 11.3 Å². The van der Waals surface area contributed by atoms with E-state index in [1.807, 2.05) is 0 Å². The van der Waals surface area contributed by atoms with Crippen LogP contribution in [0.4, 0.5) is 4.79 Å². The maximum Gasteiger partial charge on any atom is 1.00 e. The molecule has 2 aromatic heterocycles. The molecular formula is C16H22N5NaO6S2Si. The maximum atomic E-state index is 12.9. The number of nitrogens with zero attached hydrogens (tertiary/aromatic N) is 5. The molecule has 0 aromatic carbocycles. The van der Waals surface area contributed by atoms with E-state index in [0.29, 0.717) is 28.1 Å². The van der Waals surface area contributed by atoms with Crippen molar-refractivity contribution in [3.63, 3.8) is 0 Å². The van der Waals surface area contributed by atoms with Crippen LogP contribution in [0.2, 0.25) is 25.7 Å². The van der Waals surface area contributed by atoms with Gasteiger partial charge in [-0.2, -0.15) is 9.35 Å². The second-order valence-electron chi connectivity index (χ2n) is 8.37.